The molecule has 0 saturated heterocycles. The summed E-state index contributed by atoms with van der Waals surface area (Å²) in [7, 11) is 0. The highest BCUT2D eigenvalue weighted by Gasteiger charge is 2.14. The highest BCUT2D eigenvalue weighted by Crippen LogP contribution is 2.21. The van der Waals surface area contributed by atoms with Gasteiger partial charge in [-0.2, -0.15) is 0 Å². The molecular weight excluding hydrogens is 267 g/mol. The van der Waals surface area contributed by atoms with Crippen molar-refractivity contribution in [3.05, 3.63) is 33.8 Å². The number of rotatable bonds is 1. The third-order valence-electron chi connectivity index (χ3n) is 1.30. The second-order valence-electron chi connectivity index (χ2n) is 2.14. The number of halogens is 4. The molecule has 70 valence electrons. The van der Waals surface area contributed by atoms with Gasteiger partial charge >= 0.3 is 0 Å². The first-order valence-electron chi connectivity index (χ1n) is 3.08. The van der Waals surface area contributed by atoms with Gasteiger partial charge in [-0.1, -0.05) is 32.7 Å². The van der Waals surface area contributed by atoms with Crippen LogP contribution >= 0.6 is 27.5 Å². The summed E-state index contributed by atoms with van der Waals surface area (Å²) in [6.07, 6.45) is 0. The molecule has 0 amide bonds. The summed E-state index contributed by atoms with van der Waals surface area (Å²) >= 11 is 8.15. The van der Waals surface area contributed by atoms with E-state index in [2.05, 4.69) is 21.1 Å². The molecule has 1 aromatic carbocycles. The van der Waals surface area contributed by atoms with Gasteiger partial charge in [-0.3, -0.25) is 0 Å². The number of oxime groups is 1. The lowest BCUT2D eigenvalue weighted by atomic mass is 10.2. The van der Waals surface area contributed by atoms with Crippen molar-refractivity contribution in [2.75, 3.05) is 0 Å². The summed E-state index contributed by atoms with van der Waals surface area (Å²) in [6.45, 7) is 0. The molecule has 6 heteroatoms. The zero-order valence-electron chi connectivity index (χ0n) is 6.06. The lowest BCUT2D eigenvalue weighted by molar-refractivity contribution is 0.320. The number of benzene rings is 1. The van der Waals surface area contributed by atoms with Crippen LogP contribution in [0.5, 0.6) is 0 Å². The maximum atomic E-state index is 13.0. The van der Waals surface area contributed by atoms with Gasteiger partial charge in [0.1, 0.15) is 11.6 Å². The van der Waals surface area contributed by atoms with Crippen LogP contribution in [-0.4, -0.2) is 10.4 Å². The quantitative estimate of drug-likeness (QED) is 0.475. The molecule has 0 radical (unpaired) electrons. The third kappa shape index (κ3) is 2.16. The summed E-state index contributed by atoms with van der Waals surface area (Å²) in [6, 6.07) is 2.04. The molecule has 0 atom stereocenters. The van der Waals surface area contributed by atoms with Crippen LogP contribution in [0.25, 0.3) is 0 Å². The predicted octanol–water partition coefficient (Wildman–Crippen LogP) is 3.10. The molecule has 13 heavy (non-hydrogen) atoms. The Hall–Kier alpha value is -0.680. The topological polar surface area (TPSA) is 32.6 Å². The maximum Gasteiger partial charge on any atom is 0.181 e. The standard InChI is InChI=1S/C7H3BrClF2NO/c8-3-1-4(10)6(5(11)2-3)7(9)12-13/h1-2,13H/b12-7-. The van der Waals surface area contributed by atoms with E-state index in [1.807, 2.05) is 0 Å². The largest absolute Gasteiger partial charge is 0.410 e. The van der Waals surface area contributed by atoms with Crippen LogP contribution in [0, 0.1) is 11.6 Å². The molecule has 0 aliphatic heterocycles. The molecule has 0 aliphatic rings. The van der Waals surface area contributed by atoms with Crippen molar-refractivity contribution >= 4 is 32.7 Å². The fraction of sp³-hybridized carbons (Fsp3) is 0. The first-order valence-corrected chi connectivity index (χ1v) is 4.26. The van der Waals surface area contributed by atoms with Crippen LogP contribution in [0.1, 0.15) is 5.56 Å². The Morgan fingerprint density at radius 2 is 1.85 bits per heavy atom. The van der Waals surface area contributed by atoms with Gasteiger partial charge in [0, 0.05) is 4.47 Å². The van der Waals surface area contributed by atoms with E-state index in [0.29, 0.717) is 0 Å². The lowest BCUT2D eigenvalue weighted by Crippen LogP contribution is -2.00. The minimum atomic E-state index is -0.894. The SMILES string of the molecule is O/N=C(\Cl)c1c(F)cc(Br)cc1F. The molecule has 0 aromatic heterocycles. The Balaban J connectivity index is 3.37. The van der Waals surface area contributed by atoms with Crippen LogP contribution in [0.4, 0.5) is 8.78 Å². The van der Waals surface area contributed by atoms with Crippen molar-refractivity contribution in [1.29, 1.82) is 0 Å². The van der Waals surface area contributed by atoms with E-state index >= 15 is 0 Å². The zero-order valence-corrected chi connectivity index (χ0v) is 8.40. The van der Waals surface area contributed by atoms with Crippen LogP contribution in [0.3, 0.4) is 0 Å². The van der Waals surface area contributed by atoms with Crippen LogP contribution in [0.15, 0.2) is 21.8 Å². The summed E-state index contributed by atoms with van der Waals surface area (Å²) in [4.78, 5) is 0. The zero-order chi connectivity index (χ0) is 10.0. The van der Waals surface area contributed by atoms with Gasteiger partial charge in [-0.05, 0) is 12.1 Å². The molecule has 0 saturated carbocycles. The third-order valence-corrected chi connectivity index (χ3v) is 2.02. The van der Waals surface area contributed by atoms with Gasteiger partial charge < -0.3 is 5.21 Å². The second kappa shape index (κ2) is 4.02. The van der Waals surface area contributed by atoms with Gasteiger partial charge in [0.2, 0.25) is 0 Å². The predicted molar refractivity (Wildman–Crippen MR) is 48.2 cm³/mol. The van der Waals surface area contributed by atoms with Crippen molar-refractivity contribution in [3.63, 3.8) is 0 Å². The van der Waals surface area contributed by atoms with Crippen LogP contribution in [-0.2, 0) is 0 Å². The molecule has 0 bridgehead atoms. The monoisotopic (exact) mass is 269 g/mol. The molecule has 1 N–H and O–H groups in total. The van der Waals surface area contributed by atoms with Gasteiger partial charge in [0.15, 0.2) is 5.17 Å². The Kier molecular flexibility index (Phi) is 3.22. The Labute approximate surface area is 85.9 Å². The molecule has 0 heterocycles. The maximum absolute atomic E-state index is 13.0. The normalized spacial score (nSPS) is 11.8. The fourth-order valence-electron chi connectivity index (χ4n) is 0.789. The van der Waals surface area contributed by atoms with Crippen LogP contribution in [0.2, 0.25) is 0 Å². The Bertz CT molecular complexity index is 347. The lowest BCUT2D eigenvalue weighted by Gasteiger charge is -2.01. The van der Waals surface area contributed by atoms with E-state index in [4.69, 9.17) is 16.8 Å². The van der Waals surface area contributed by atoms with Crippen molar-refractivity contribution in [1.82, 2.24) is 0 Å². The van der Waals surface area contributed by atoms with Gasteiger partial charge in [-0.15, -0.1) is 0 Å². The highest BCUT2D eigenvalue weighted by atomic mass is 79.9. The first kappa shape index (κ1) is 10.4. The summed E-state index contributed by atoms with van der Waals surface area (Å²) in [5.74, 6) is -1.79. The van der Waals surface area contributed by atoms with E-state index in [0.717, 1.165) is 12.1 Å². The summed E-state index contributed by atoms with van der Waals surface area (Å²) < 4.78 is 26.2. The Morgan fingerprint density at radius 1 is 1.38 bits per heavy atom. The number of nitrogens with zero attached hydrogens (tertiary/aromatic N) is 1. The average molecular weight is 270 g/mol. The second-order valence-corrected chi connectivity index (χ2v) is 3.41. The molecular formula is C7H3BrClF2NO. The fourth-order valence-corrected chi connectivity index (χ4v) is 1.37. The van der Waals surface area contributed by atoms with E-state index in [1.165, 1.54) is 0 Å². The van der Waals surface area contributed by atoms with E-state index in [9.17, 15) is 8.78 Å². The van der Waals surface area contributed by atoms with Gasteiger partial charge in [0.05, 0.1) is 5.56 Å². The number of hydrogen-bond donors (Lipinski definition) is 1. The Morgan fingerprint density at radius 3 is 2.23 bits per heavy atom. The van der Waals surface area contributed by atoms with Crippen molar-refractivity contribution in [2.45, 2.75) is 0 Å². The minimum absolute atomic E-state index is 0.244. The highest BCUT2D eigenvalue weighted by molar-refractivity contribution is 9.10. The molecule has 0 spiro atoms. The van der Waals surface area contributed by atoms with Crippen molar-refractivity contribution in [3.8, 4) is 0 Å². The van der Waals surface area contributed by atoms with Crippen molar-refractivity contribution < 1.29 is 14.0 Å². The van der Waals surface area contributed by atoms with E-state index in [-0.39, 0.29) is 4.47 Å². The van der Waals surface area contributed by atoms with E-state index < -0.39 is 22.4 Å². The first-order chi connectivity index (χ1) is 6.06. The molecule has 1 rings (SSSR count). The van der Waals surface area contributed by atoms with Gasteiger partial charge in [-0.25, -0.2) is 8.78 Å². The molecule has 0 unspecified atom stereocenters. The smallest absolute Gasteiger partial charge is 0.181 e. The summed E-state index contributed by atoms with van der Waals surface area (Å²) in [5.41, 5.74) is -0.549. The van der Waals surface area contributed by atoms with Gasteiger partial charge in [0.25, 0.3) is 0 Å². The average Bonchev–Trinajstić information content (AvgIpc) is 2.02. The molecule has 0 aliphatic carbocycles. The molecule has 0 fully saturated rings. The van der Waals surface area contributed by atoms with Crippen LogP contribution < -0.4 is 0 Å². The molecule has 1 aromatic rings. The summed E-state index contributed by atoms with van der Waals surface area (Å²) in [5, 5.41) is 10.1. The van der Waals surface area contributed by atoms with E-state index in [1.54, 1.807) is 0 Å². The van der Waals surface area contributed by atoms with Crippen molar-refractivity contribution in [2.24, 2.45) is 5.16 Å². The molecule has 2 nitrogen and oxygen atoms in total. The number of hydrogen-bond acceptors (Lipinski definition) is 2. The minimum Gasteiger partial charge on any atom is -0.410 e.